The number of pyridine rings is 1. The third kappa shape index (κ3) is 12.4. The van der Waals surface area contributed by atoms with Crippen LogP contribution in [-0.4, -0.2) is 94.1 Å². The molecule has 14 heteroatoms. The van der Waals surface area contributed by atoms with Crippen molar-refractivity contribution in [2.24, 2.45) is 0 Å². The monoisotopic (exact) mass is 772 g/mol. The zero-order valence-corrected chi connectivity index (χ0v) is 33.2. The highest BCUT2D eigenvalue weighted by molar-refractivity contribution is 5.89. The Kier molecular flexibility index (Phi) is 16.4. The van der Waals surface area contributed by atoms with Crippen LogP contribution in [0.4, 0.5) is 9.59 Å². The average Bonchev–Trinajstić information content (AvgIpc) is 3.17. The Bertz CT molecular complexity index is 1900. The van der Waals surface area contributed by atoms with E-state index in [1.807, 2.05) is 114 Å². The molecule has 2 atom stereocenters. The molecule has 4 N–H and O–H groups in total. The number of unbranched alkanes of at least 4 members (excludes halogenated alkanes) is 1. The van der Waals surface area contributed by atoms with Gasteiger partial charge < -0.3 is 35.0 Å². The van der Waals surface area contributed by atoms with Crippen molar-refractivity contribution in [1.82, 2.24) is 30.9 Å². The second kappa shape index (κ2) is 21.1. The van der Waals surface area contributed by atoms with Gasteiger partial charge in [0.05, 0.1) is 11.6 Å². The molecule has 0 radical (unpaired) electrons. The second-order valence-electron chi connectivity index (χ2n) is 14.4. The topological polar surface area (TPSA) is 172 Å². The first-order valence-electron chi connectivity index (χ1n) is 19.1. The van der Waals surface area contributed by atoms with Crippen LogP contribution in [0.15, 0.2) is 79.0 Å². The molecule has 0 aliphatic heterocycles. The number of hydroxylamine groups is 1. The zero-order valence-electron chi connectivity index (χ0n) is 33.2. The van der Waals surface area contributed by atoms with Gasteiger partial charge in [-0.3, -0.25) is 19.4 Å². The molecular weight excluding hydrogens is 716 g/mol. The summed E-state index contributed by atoms with van der Waals surface area (Å²) in [7, 11) is 0. The summed E-state index contributed by atoms with van der Waals surface area (Å²) in [5.74, 6) is -1.03. The number of carboxylic acid groups (broad SMARTS) is 1. The van der Waals surface area contributed by atoms with Crippen molar-refractivity contribution in [2.45, 2.75) is 97.8 Å². The molecule has 0 bridgehead atoms. The minimum absolute atomic E-state index is 0.142. The maximum absolute atomic E-state index is 14.7. The molecule has 56 heavy (non-hydrogen) atoms. The number of para-hydroxylation sites is 1. The van der Waals surface area contributed by atoms with Gasteiger partial charge >= 0.3 is 12.1 Å². The van der Waals surface area contributed by atoms with E-state index in [4.69, 9.17) is 14.3 Å². The van der Waals surface area contributed by atoms with Gasteiger partial charge in [0.25, 0.3) is 0 Å². The summed E-state index contributed by atoms with van der Waals surface area (Å²) in [5.41, 5.74) is 4.08. The number of hydrogen-bond donors (Lipinski definition) is 4. The molecule has 1 heterocycles. The lowest BCUT2D eigenvalue weighted by Crippen LogP contribution is -2.55. The standard InChI is InChI=1S/C42H56N6O8/c1-7-54-39(55-8-2)29(3)47(27-33-20-14-18-31-21-15-24-43-37(31)33)38(50)35(23-11-12-25-48(41(52)53)42(4,5)6)45-36(49)28-56-46-40(51)44-26-32-19-13-17-30-16-9-10-22-34(30)32/h9-10,13-22,24,29,35,39H,7-8,11-12,23,25-28H2,1-6H3,(H,45,49)(H,52,53)(H2,44,46,51)/t29-,35-/m0/s1. The molecule has 4 aromatic rings. The van der Waals surface area contributed by atoms with Crippen LogP contribution in [-0.2, 0) is 37.0 Å². The summed E-state index contributed by atoms with van der Waals surface area (Å²) >= 11 is 0. The first kappa shape index (κ1) is 43.4. The fourth-order valence-electron chi connectivity index (χ4n) is 6.56. The van der Waals surface area contributed by atoms with Gasteiger partial charge in [-0.1, -0.05) is 66.7 Å². The van der Waals surface area contributed by atoms with Gasteiger partial charge in [0.2, 0.25) is 11.8 Å². The van der Waals surface area contributed by atoms with Gasteiger partial charge in [0, 0.05) is 50.0 Å². The van der Waals surface area contributed by atoms with E-state index in [1.165, 1.54) is 4.90 Å². The first-order valence-corrected chi connectivity index (χ1v) is 19.1. The Hall–Kier alpha value is -5.31. The fourth-order valence-corrected chi connectivity index (χ4v) is 6.56. The highest BCUT2D eigenvalue weighted by atomic mass is 16.7. The maximum Gasteiger partial charge on any atom is 0.407 e. The lowest BCUT2D eigenvalue weighted by molar-refractivity contribution is -0.180. The number of rotatable bonds is 20. The second-order valence-corrected chi connectivity index (χ2v) is 14.4. The molecule has 3 aromatic carbocycles. The van der Waals surface area contributed by atoms with Crippen LogP contribution in [0.5, 0.6) is 0 Å². The van der Waals surface area contributed by atoms with Gasteiger partial charge in [0.1, 0.15) is 6.04 Å². The number of ether oxygens (including phenoxy) is 2. The van der Waals surface area contributed by atoms with Gasteiger partial charge in [-0.15, -0.1) is 0 Å². The van der Waals surface area contributed by atoms with Crippen LogP contribution in [0.1, 0.15) is 71.9 Å². The Balaban J connectivity index is 1.50. The molecule has 0 aliphatic carbocycles. The molecule has 0 spiro atoms. The third-order valence-corrected chi connectivity index (χ3v) is 9.37. The predicted molar refractivity (Wildman–Crippen MR) is 214 cm³/mol. The lowest BCUT2D eigenvalue weighted by Gasteiger charge is -2.37. The Morgan fingerprint density at radius 3 is 2.21 bits per heavy atom. The number of urea groups is 1. The van der Waals surface area contributed by atoms with Crippen molar-refractivity contribution in [3.05, 3.63) is 90.1 Å². The van der Waals surface area contributed by atoms with Crippen LogP contribution in [0.2, 0.25) is 0 Å². The smallest absolute Gasteiger partial charge is 0.407 e. The molecule has 0 fully saturated rings. The normalized spacial score (nSPS) is 12.6. The van der Waals surface area contributed by atoms with E-state index in [-0.39, 0.29) is 26.1 Å². The van der Waals surface area contributed by atoms with Gasteiger partial charge in [-0.2, -0.15) is 0 Å². The van der Waals surface area contributed by atoms with Gasteiger partial charge in [-0.05, 0) is 88.8 Å². The number of carbonyl (C=O) groups is 4. The van der Waals surface area contributed by atoms with Crippen molar-refractivity contribution >= 4 is 45.6 Å². The average molecular weight is 773 g/mol. The lowest BCUT2D eigenvalue weighted by atomic mass is 10.0. The van der Waals surface area contributed by atoms with Gasteiger partial charge in [-0.25, -0.2) is 15.1 Å². The van der Waals surface area contributed by atoms with E-state index in [1.54, 1.807) is 11.1 Å². The van der Waals surface area contributed by atoms with Gasteiger partial charge in [0.15, 0.2) is 12.9 Å². The SMILES string of the molecule is CCOC(OCC)[C@H](C)N(Cc1cccc2cccnc12)C(=O)[C@H](CCCCN(C(=O)O)C(C)(C)C)NC(=O)CONC(=O)NCc1cccc2ccccc12. The molecule has 5 amide bonds. The van der Waals surface area contributed by atoms with Crippen molar-refractivity contribution in [3.8, 4) is 0 Å². The number of amides is 5. The third-order valence-electron chi connectivity index (χ3n) is 9.37. The minimum Gasteiger partial charge on any atom is -0.465 e. The molecular formula is C42H56N6O8. The van der Waals surface area contributed by atoms with Crippen molar-refractivity contribution in [2.75, 3.05) is 26.4 Å². The van der Waals surface area contributed by atoms with Crippen LogP contribution >= 0.6 is 0 Å². The van der Waals surface area contributed by atoms with Crippen molar-refractivity contribution in [3.63, 3.8) is 0 Å². The maximum atomic E-state index is 14.7. The Morgan fingerprint density at radius 1 is 0.857 bits per heavy atom. The number of carbonyl (C=O) groups excluding carboxylic acids is 3. The summed E-state index contributed by atoms with van der Waals surface area (Å²) in [5, 5.41) is 18.3. The number of nitrogens with one attached hydrogen (secondary N) is 3. The molecule has 0 aliphatic rings. The molecule has 4 rings (SSSR count). The van der Waals surface area contributed by atoms with E-state index in [9.17, 15) is 24.3 Å². The Labute approximate surface area is 328 Å². The highest BCUT2D eigenvalue weighted by Crippen LogP contribution is 2.23. The van der Waals surface area contributed by atoms with Crippen LogP contribution in [0.3, 0.4) is 0 Å². The van der Waals surface area contributed by atoms with Crippen molar-refractivity contribution in [1.29, 1.82) is 0 Å². The highest BCUT2D eigenvalue weighted by Gasteiger charge is 2.34. The fraction of sp³-hybridized carbons (Fsp3) is 0.452. The van der Waals surface area contributed by atoms with E-state index >= 15 is 0 Å². The summed E-state index contributed by atoms with van der Waals surface area (Å²) in [6, 6.07) is 21.0. The number of nitrogens with zero attached hydrogens (tertiary/aromatic N) is 3. The summed E-state index contributed by atoms with van der Waals surface area (Å²) in [6.45, 7) is 11.7. The number of benzene rings is 3. The number of fused-ring (bicyclic) bond motifs is 2. The number of aromatic nitrogens is 1. The molecule has 302 valence electrons. The van der Waals surface area contributed by atoms with Crippen molar-refractivity contribution < 1.29 is 38.6 Å². The summed E-state index contributed by atoms with van der Waals surface area (Å²) in [6.07, 6.45) is 0.969. The molecule has 1 aromatic heterocycles. The number of hydrogen-bond acceptors (Lipinski definition) is 8. The minimum atomic E-state index is -1.04. The molecule has 14 nitrogen and oxygen atoms in total. The summed E-state index contributed by atoms with van der Waals surface area (Å²) in [4.78, 5) is 65.5. The predicted octanol–water partition coefficient (Wildman–Crippen LogP) is 6.37. The molecule has 0 unspecified atom stereocenters. The van der Waals surface area contributed by atoms with E-state index < -0.39 is 54.5 Å². The summed E-state index contributed by atoms with van der Waals surface area (Å²) < 4.78 is 11.9. The van der Waals surface area contributed by atoms with E-state index in [0.29, 0.717) is 26.1 Å². The quantitative estimate of drug-likeness (QED) is 0.0453. The Morgan fingerprint density at radius 2 is 1.52 bits per heavy atom. The zero-order chi connectivity index (χ0) is 40.7. The van der Waals surface area contributed by atoms with Crippen LogP contribution < -0.4 is 16.1 Å². The largest absolute Gasteiger partial charge is 0.465 e. The van der Waals surface area contributed by atoms with E-state index in [2.05, 4.69) is 21.1 Å². The first-order chi connectivity index (χ1) is 26.8. The molecule has 0 saturated heterocycles. The van der Waals surface area contributed by atoms with Crippen LogP contribution in [0.25, 0.3) is 21.7 Å². The van der Waals surface area contributed by atoms with E-state index in [0.717, 1.165) is 32.8 Å². The van der Waals surface area contributed by atoms with Crippen LogP contribution in [0, 0.1) is 0 Å². The molecule has 0 saturated carbocycles.